The van der Waals surface area contributed by atoms with Crippen LogP contribution >= 0.6 is 0 Å². The first-order valence-corrected chi connectivity index (χ1v) is 8.17. The number of rotatable bonds is 5. The van der Waals surface area contributed by atoms with Gasteiger partial charge in [0.1, 0.15) is 5.75 Å². The normalized spacial score (nSPS) is 22.5. The highest BCUT2D eigenvalue weighted by atomic mass is 16.5. The Kier molecular flexibility index (Phi) is 5.29. The zero-order valence-corrected chi connectivity index (χ0v) is 12.8. The molecule has 0 bridgehead atoms. The second kappa shape index (κ2) is 7.61. The highest BCUT2D eigenvalue weighted by Gasteiger charge is 2.18. The van der Waals surface area contributed by atoms with Crippen LogP contribution in [0.15, 0.2) is 24.3 Å². The lowest BCUT2D eigenvalue weighted by molar-refractivity contribution is -0.117. The van der Waals surface area contributed by atoms with Crippen molar-refractivity contribution in [2.75, 3.05) is 25.1 Å². The number of benzene rings is 1. The molecule has 1 aliphatic carbocycles. The van der Waals surface area contributed by atoms with Crippen molar-refractivity contribution >= 4 is 11.6 Å². The number of carbonyl (C=O) groups is 1. The van der Waals surface area contributed by atoms with E-state index < -0.39 is 0 Å². The van der Waals surface area contributed by atoms with Gasteiger partial charge in [-0.25, -0.2) is 0 Å². The Labute approximate surface area is 131 Å². The van der Waals surface area contributed by atoms with Gasteiger partial charge in [0.2, 0.25) is 5.91 Å². The van der Waals surface area contributed by atoms with Crippen LogP contribution in [0.5, 0.6) is 5.75 Å². The Morgan fingerprint density at radius 3 is 3.00 bits per heavy atom. The van der Waals surface area contributed by atoms with E-state index >= 15 is 0 Å². The first kappa shape index (κ1) is 15.3. The fourth-order valence-corrected chi connectivity index (χ4v) is 3.03. The summed E-state index contributed by atoms with van der Waals surface area (Å²) in [6, 6.07) is 7.77. The molecule has 1 amide bonds. The number of anilines is 1. The molecule has 1 saturated carbocycles. The van der Waals surface area contributed by atoms with Crippen molar-refractivity contribution < 1.29 is 14.3 Å². The molecule has 1 aromatic carbocycles. The van der Waals surface area contributed by atoms with Crippen LogP contribution in [0.1, 0.15) is 32.1 Å². The highest BCUT2D eigenvalue weighted by molar-refractivity contribution is 5.91. The van der Waals surface area contributed by atoms with Crippen molar-refractivity contribution in [3.63, 3.8) is 0 Å². The van der Waals surface area contributed by atoms with Crippen LogP contribution in [0.3, 0.4) is 0 Å². The Balaban J connectivity index is 1.51. The fourth-order valence-electron chi connectivity index (χ4n) is 3.03. The van der Waals surface area contributed by atoms with E-state index in [1.165, 1.54) is 12.8 Å². The van der Waals surface area contributed by atoms with Crippen molar-refractivity contribution in [1.29, 1.82) is 0 Å². The average molecular weight is 304 g/mol. The van der Waals surface area contributed by atoms with Crippen LogP contribution in [-0.2, 0) is 9.53 Å². The van der Waals surface area contributed by atoms with E-state index in [1.807, 2.05) is 24.3 Å². The van der Waals surface area contributed by atoms with E-state index in [9.17, 15) is 4.79 Å². The Morgan fingerprint density at radius 2 is 2.23 bits per heavy atom. The first-order chi connectivity index (χ1) is 10.8. The third-order valence-electron chi connectivity index (χ3n) is 4.15. The molecule has 3 rings (SSSR count). The first-order valence-electron chi connectivity index (χ1n) is 8.17. The number of hydrogen-bond acceptors (Lipinski definition) is 4. The van der Waals surface area contributed by atoms with Gasteiger partial charge in [0.25, 0.3) is 0 Å². The number of morpholine rings is 1. The van der Waals surface area contributed by atoms with Crippen LogP contribution in [0.2, 0.25) is 0 Å². The van der Waals surface area contributed by atoms with Gasteiger partial charge in [0, 0.05) is 30.8 Å². The predicted octanol–water partition coefficient (Wildman–Crippen LogP) is 2.32. The zero-order valence-electron chi connectivity index (χ0n) is 12.8. The molecule has 2 aliphatic rings. The minimum absolute atomic E-state index is 0.000941. The minimum Gasteiger partial charge on any atom is -0.490 e. The lowest BCUT2D eigenvalue weighted by Crippen LogP contribution is -2.43. The quantitative estimate of drug-likeness (QED) is 0.876. The topological polar surface area (TPSA) is 59.6 Å². The standard InChI is InChI=1S/C17H24N2O3/c20-17(11-14-12-21-9-8-18-14)19-13-4-3-7-16(10-13)22-15-5-1-2-6-15/h3-4,7,10,14-15,18H,1-2,5-6,8-9,11-12H2,(H,19,20). The molecule has 0 spiro atoms. The maximum atomic E-state index is 12.1. The van der Waals surface area contributed by atoms with Crippen molar-refractivity contribution in [3.05, 3.63) is 24.3 Å². The maximum absolute atomic E-state index is 12.1. The summed E-state index contributed by atoms with van der Waals surface area (Å²) in [6.45, 7) is 2.12. The summed E-state index contributed by atoms with van der Waals surface area (Å²) >= 11 is 0. The van der Waals surface area contributed by atoms with Crippen molar-refractivity contribution in [3.8, 4) is 5.75 Å². The van der Waals surface area contributed by atoms with E-state index in [4.69, 9.17) is 9.47 Å². The minimum atomic E-state index is 0.000941. The number of nitrogens with one attached hydrogen (secondary N) is 2. The molecule has 1 atom stereocenters. The molecule has 1 aromatic rings. The number of carbonyl (C=O) groups excluding carboxylic acids is 1. The molecule has 5 heteroatoms. The monoisotopic (exact) mass is 304 g/mol. The SMILES string of the molecule is O=C(CC1COCCN1)Nc1cccc(OC2CCCC2)c1. The van der Waals surface area contributed by atoms with Gasteiger partial charge in [-0.3, -0.25) is 4.79 Å². The van der Waals surface area contributed by atoms with E-state index in [2.05, 4.69) is 10.6 Å². The lowest BCUT2D eigenvalue weighted by Gasteiger charge is -2.23. The van der Waals surface area contributed by atoms with Crippen molar-refractivity contribution in [2.24, 2.45) is 0 Å². The molecule has 1 heterocycles. The van der Waals surface area contributed by atoms with Gasteiger partial charge < -0.3 is 20.1 Å². The largest absolute Gasteiger partial charge is 0.490 e. The summed E-state index contributed by atoms with van der Waals surface area (Å²) < 4.78 is 11.3. The molecule has 5 nitrogen and oxygen atoms in total. The second-order valence-electron chi connectivity index (χ2n) is 6.03. The van der Waals surface area contributed by atoms with Gasteiger partial charge in [0.15, 0.2) is 0 Å². The summed E-state index contributed by atoms with van der Waals surface area (Å²) in [5.74, 6) is 0.838. The summed E-state index contributed by atoms with van der Waals surface area (Å²) in [5.41, 5.74) is 0.789. The summed E-state index contributed by atoms with van der Waals surface area (Å²) in [6.07, 6.45) is 5.51. The molecule has 1 aliphatic heterocycles. The van der Waals surface area contributed by atoms with Gasteiger partial charge in [-0.05, 0) is 37.8 Å². The van der Waals surface area contributed by atoms with Gasteiger partial charge in [-0.15, -0.1) is 0 Å². The molecule has 1 unspecified atom stereocenters. The van der Waals surface area contributed by atoms with Gasteiger partial charge in [0.05, 0.1) is 19.3 Å². The maximum Gasteiger partial charge on any atom is 0.226 e. The molecular formula is C17H24N2O3. The molecule has 22 heavy (non-hydrogen) atoms. The van der Waals surface area contributed by atoms with E-state index in [-0.39, 0.29) is 11.9 Å². The molecule has 0 aromatic heterocycles. The highest BCUT2D eigenvalue weighted by Crippen LogP contribution is 2.25. The Morgan fingerprint density at radius 1 is 1.36 bits per heavy atom. The smallest absolute Gasteiger partial charge is 0.226 e. The Bertz CT molecular complexity index is 494. The van der Waals surface area contributed by atoms with E-state index in [1.54, 1.807) is 0 Å². The van der Waals surface area contributed by atoms with Crippen LogP contribution in [0.25, 0.3) is 0 Å². The summed E-state index contributed by atoms with van der Waals surface area (Å²) in [5, 5.41) is 6.22. The zero-order chi connectivity index (χ0) is 15.2. The van der Waals surface area contributed by atoms with Crippen LogP contribution in [0, 0.1) is 0 Å². The number of ether oxygens (including phenoxy) is 2. The van der Waals surface area contributed by atoms with Crippen LogP contribution in [-0.4, -0.2) is 37.8 Å². The molecule has 1 saturated heterocycles. The van der Waals surface area contributed by atoms with Crippen molar-refractivity contribution in [1.82, 2.24) is 5.32 Å². The number of hydrogen-bond donors (Lipinski definition) is 2. The van der Waals surface area contributed by atoms with Crippen molar-refractivity contribution in [2.45, 2.75) is 44.2 Å². The molecule has 120 valence electrons. The molecule has 2 fully saturated rings. The van der Waals surface area contributed by atoms with Gasteiger partial charge >= 0.3 is 0 Å². The predicted molar refractivity (Wildman–Crippen MR) is 85.2 cm³/mol. The Hall–Kier alpha value is -1.59. The third-order valence-corrected chi connectivity index (χ3v) is 4.15. The molecular weight excluding hydrogens is 280 g/mol. The molecule has 0 radical (unpaired) electrons. The summed E-state index contributed by atoms with van der Waals surface area (Å²) in [4.78, 5) is 12.1. The number of amides is 1. The van der Waals surface area contributed by atoms with E-state index in [0.29, 0.717) is 19.1 Å². The van der Waals surface area contributed by atoms with Gasteiger partial charge in [-0.1, -0.05) is 6.07 Å². The van der Waals surface area contributed by atoms with Crippen LogP contribution in [0.4, 0.5) is 5.69 Å². The third kappa shape index (κ3) is 4.45. The van der Waals surface area contributed by atoms with Crippen LogP contribution < -0.4 is 15.4 Å². The average Bonchev–Trinajstić information content (AvgIpc) is 3.01. The second-order valence-corrected chi connectivity index (χ2v) is 6.03. The fraction of sp³-hybridized carbons (Fsp3) is 0.588. The van der Waals surface area contributed by atoms with Gasteiger partial charge in [-0.2, -0.15) is 0 Å². The summed E-state index contributed by atoms with van der Waals surface area (Å²) in [7, 11) is 0. The molecule has 2 N–H and O–H groups in total. The lowest BCUT2D eigenvalue weighted by atomic mass is 10.2. The van der Waals surface area contributed by atoms with E-state index in [0.717, 1.165) is 37.4 Å².